The predicted molar refractivity (Wildman–Crippen MR) is 55.4 cm³/mol. The van der Waals surface area contributed by atoms with Gasteiger partial charge in [0.2, 0.25) is 0 Å². The summed E-state index contributed by atoms with van der Waals surface area (Å²) in [6.45, 7) is 0.0979. The van der Waals surface area contributed by atoms with Crippen molar-refractivity contribution < 1.29 is 25.1 Å². The highest BCUT2D eigenvalue weighted by molar-refractivity contribution is 5.69. The zero-order chi connectivity index (χ0) is 12.4. The van der Waals surface area contributed by atoms with E-state index in [0.717, 1.165) is 0 Å². The first kappa shape index (κ1) is 11.8. The molecule has 0 bridgehead atoms. The van der Waals surface area contributed by atoms with Crippen LogP contribution in [0, 0.1) is 5.21 Å². The summed E-state index contributed by atoms with van der Waals surface area (Å²) in [6.07, 6.45) is -1.47. The molecule has 1 aromatic rings. The zero-order valence-electron chi connectivity index (χ0n) is 8.79. The molecular formula is C10H12N2O5. The second-order valence-electron chi connectivity index (χ2n) is 3.72. The average Bonchev–Trinajstić information content (AvgIpc) is 2.75. The minimum atomic E-state index is -1.02. The van der Waals surface area contributed by atoms with E-state index < -0.39 is 23.5 Å². The van der Waals surface area contributed by atoms with Gasteiger partial charge < -0.3 is 20.4 Å². The van der Waals surface area contributed by atoms with E-state index >= 15 is 0 Å². The maximum absolute atomic E-state index is 10.8. The second kappa shape index (κ2) is 4.68. The van der Waals surface area contributed by atoms with Crippen molar-refractivity contribution in [3.8, 4) is 0 Å². The molecule has 1 aromatic carbocycles. The van der Waals surface area contributed by atoms with Crippen LogP contribution < -0.4 is 10.5 Å². The van der Waals surface area contributed by atoms with Crippen molar-refractivity contribution in [1.29, 1.82) is 0 Å². The Kier molecular flexibility index (Phi) is 3.25. The van der Waals surface area contributed by atoms with E-state index in [1.54, 1.807) is 0 Å². The van der Waals surface area contributed by atoms with Crippen LogP contribution >= 0.6 is 0 Å². The molecule has 7 nitrogen and oxygen atoms in total. The van der Waals surface area contributed by atoms with E-state index in [9.17, 15) is 15.1 Å². The summed E-state index contributed by atoms with van der Waals surface area (Å²) < 4.78 is 4.67. The fourth-order valence-electron chi connectivity index (χ4n) is 1.63. The molecule has 0 radical (unpaired) electrons. The van der Waals surface area contributed by atoms with Gasteiger partial charge in [0.25, 0.3) is 0 Å². The SMILES string of the molecule is O=C1N[C@@H]([C@H](O)c2ccc([NH+]([O-])O)cc2)CO1. The molecule has 1 aliphatic heterocycles. The monoisotopic (exact) mass is 240 g/mol. The summed E-state index contributed by atoms with van der Waals surface area (Å²) in [4.78, 5) is 10.8. The number of ether oxygens (including phenoxy) is 1. The van der Waals surface area contributed by atoms with Crippen molar-refractivity contribution in [3.05, 3.63) is 35.0 Å². The first-order valence-electron chi connectivity index (χ1n) is 5.02. The number of alkyl carbamates (subject to hydrolysis) is 1. The third kappa shape index (κ3) is 2.53. The van der Waals surface area contributed by atoms with Gasteiger partial charge in [-0.3, -0.25) is 0 Å². The summed E-state index contributed by atoms with van der Waals surface area (Å²) in [6, 6.07) is 5.33. The molecule has 0 aromatic heterocycles. The van der Waals surface area contributed by atoms with Gasteiger partial charge in [0, 0.05) is 12.1 Å². The van der Waals surface area contributed by atoms with Crippen LogP contribution in [0.25, 0.3) is 0 Å². The Hall–Kier alpha value is -1.67. The Labute approximate surface area is 96.8 Å². The fraction of sp³-hybridized carbons (Fsp3) is 0.300. The van der Waals surface area contributed by atoms with Crippen LogP contribution in [-0.2, 0) is 4.74 Å². The van der Waals surface area contributed by atoms with Gasteiger partial charge >= 0.3 is 6.09 Å². The summed E-state index contributed by atoms with van der Waals surface area (Å²) in [7, 11) is 0. The Morgan fingerprint density at radius 2 is 2.12 bits per heavy atom. The second-order valence-corrected chi connectivity index (χ2v) is 3.72. The van der Waals surface area contributed by atoms with Crippen LogP contribution in [0.3, 0.4) is 0 Å². The van der Waals surface area contributed by atoms with Crippen molar-refractivity contribution in [2.45, 2.75) is 12.1 Å². The topological polar surface area (TPSA) is 106 Å². The van der Waals surface area contributed by atoms with Crippen LogP contribution in [0.5, 0.6) is 0 Å². The largest absolute Gasteiger partial charge is 0.595 e. The average molecular weight is 240 g/mol. The maximum atomic E-state index is 10.8. The molecule has 1 fully saturated rings. The van der Waals surface area contributed by atoms with Crippen molar-refractivity contribution in [3.63, 3.8) is 0 Å². The Balaban J connectivity index is 2.09. The Morgan fingerprint density at radius 1 is 1.47 bits per heavy atom. The molecule has 0 aliphatic carbocycles. The van der Waals surface area contributed by atoms with Gasteiger partial charge in [-0.25, -0.2) is 10.0 Å². The number of aliphatic hydroxyl groups excluding tert-OH is 1. The number of benzene rings is 1. The van der Waals surface area contributed by atoms with E-state index in [4.69, 9.17) is 5.21 Å². The number of rotatable bonds is 3. The molecule has 7 heteroatoms. The number of quaternary nitrogens is 1. The van der Waals surface area contributed by atoms with Gasteiger partial charge in [-0.2, -0.15) is 5.23 Å². The number of carbonyl (C=O) groups excluding carboxylic acids is 1. The predicted octanol–water partition coefficient (Wildman–Crippen LogP) is -0.768. The molecule has 0 saturated carbocycles. The number of carbonyl (C=O) groups is 1. The van der Waals surface area contributed by atoms with Gasteiger partial charge in [-0.1, -0.05) is 12.1 Å². The minimum absolute atomic E-state index is 0.0979. The summed E-state index contributed by atoms with van der Waals surface area (Å²) in [5.74, 6) is 0. The third-order valence-corrected chi connectivity index (χ3v) is 2.58. The molecule has 1 aliphatic rings. The standard InChI is InChI=1S/C10H12N2O5/c13-9(8-5-17-10(14)11-8)6-1-3-7(4-2-6)12(15)16/h1-4,8-9,12-13,15H,5H2,(H,11,14)/t8-,9-/m1/s1. The van der Waals surface area contributed by atoms with Crippen LogP contribution in [0.1, 0.15) is 11.7 Å². The quantitative estimate of drug-likeness (QED) is 0.519. The van der Waals surface area contributed by atoms with Crippen molar-refractivity contribution in [2.75, 3.05) is 6.61 Å². The number of hydrogen-bond donors (Lipinski definition) is 4. The summed E-state index contributed by atoms with van der Waals surface area (Å²) in [5.41, 5.74) is 0.679. The number of nitrogens with one attached hydrogen (secondary N) is 2. The van der Waals surface area contributed by atoms with Crippen molar-refractivity contribution in [2.24, 2.45) is 0 Å². The lowest BCUT2D eigenvalue weighted by Crippen LogP contribution is -2.99. The fourth-order valence-corrected chi connectivity index (χ4v) is 1.63. The number of hydrogen-bond acceptors (Lipinski definition) is 5. The van der Waals surface area contributed by atoms with Crippen LogP contribution in [0.15, 0.2) is 24.3 Å². The zero-order valence-corrected chi connectivity index (χ0v) is 8.79. The van der Waals surface area contributed by atoms with Crippen molar-refractivity contribution in [1.82, 2.24) is 5.32 Å². The highest BCUT2D eigenvalue weighted by atomic mass is 16.8. The molecule has 1 saturated heterocycles. The molecule has 1 amide bonds. The highest BCUT2D eigenvalue weighted by Crippen LogP contribution is 2.20. The third-order valence-electron chi connectivity index (χ3n) is 2.58. The van der Waals surface area contributed by atoms with Crippen LogP contribution in [0.2, 0.25) is 0 Å². The lowest BCUT2D eigenvalue weighted by atomic mass is 10.0. The van der Waals surface area contributed by atoms with Gasteiger partial charge in [0.15, 0.2) is 5.69 Å². The first-order valence-corrected chi connectivity index (χ1v) is 5.02. The minimum Gasteiger partial charge on any atom is -0.595 e. The first-order chi connectivity index (χ1) is 8.08. The molecule has 1 unspecified atom stereocenters. The van der Waals surface area contributed by atoms with Gasteiger partial charge in [0.1, 0.15) is 12.7 Å². The summed E-state index contributed by atoms with van der Waals surface area (Å²) in [5, 5.41) is 30.7. The number of aliphatic hydroxyl groups is 1. The van der Waals surface area contributed by atoms with E-state index in [0.29, 0.717) is 5.56 Å². The molecule has 3 atom stereocenters. The van der Waals surface area contributed by atoms with E-state index in [1.165, 1.54) is 24.3 Å². The van der Waals surface area contributed by atoms with Crippen molar-refractivity contribution >= 4 is 11.8 Å². The Morgan fingerprint density at radius 3 is 2.59 bits per heavy atom. The van der Waals surface area contributed by atoms with Gasteiger partial charge in [0.05, 0.1) is 6.04 Å². The normalized spacial score (nSPS) is 22.8. The van der Waals surface area contributed by atoms with Crippen LogP contribution in [-0.4, -0.2) is 29.1 Å². The van der Waals surface area contributed by atoms with E-state index in [2.05, 4.69) is 10.1 Å². The molecule has 17 heavy (non-hydrogen) atoms. The molecule has 4 N–H and O–H groups in total. The lowest BCUT2D eigenvalue weighted by molar-refractivity contribution is -0.991. The summed E-state index contributed by atoms with van der Waals surface area (Å²) >= 11 is 0. The molecular weight excluding hydrogens is 228 g/mol. The lowest BCUT2D eigenvalue weighted by Gasteiger charge is -2.17. The smallest absolute Gasteiger partial charge is 0.407 e. The molecule has 0 spiro atoms. The van der Waals surface area contributed by atoms with Gasteiger partial charge in [-0.05, 0) is 5.56 Å². The molecule has 2 rings (SSSR count). The van der Waals surface area contributed by atoms with E-state index in [1.807, 2.05) is 0 Å². The number of cyclic esters (lactones) is 1. The maximum Gasteiger partial charge on any atom is 0.407 e. The molecule has 1 heterocycles. The Bertz CT molecular complexity index is 406. The number of amides is 1. The highest BCUT2D eigenvalue weighted by Gasteiger charge is 2.29. The van der Waals surface area contributed by atoms with Crippen LogP contribution in [0.4, 0.5) is 10.5 Å². The van der Waals surface area contributed by atoms with Gasteiger partial charge in [-0.15, -0.1) is 0 Å². The molecule has 92 valence electrons. The van der Waals surface area contributed by atoms with E-state index in [-0.39, 0.29) is 12.3 Å².